The largest absolute Gasteiger partial charge is 2.00 e. The van der Waals surface area contributed by atoms with Crippen LogP contribution in [0.2, 0.25) is 0 Å². The van der Waals surface area contributed by atoms with Gasteiger partial charge in [-0.3, -0.25) is 0 Å². The zero-order valence-electron chi connectivity index (χ0n) is 44.9. The van der Waals surface area contributed by atoms with E-state index in [1.54, 1.807) is 0 Å². The molecule has 0 saturated heterocycles. The van der Waals surface area contributed by atoms with Gasteiger partial charge in [-0.2, -0.15) is 0 Å². The normalized spacial score (nSPS) is 12.2. The van der Waals surface area contributed by atoms with Crippen LogP contribution < -0.4 is 30.6 Å². The van der Waals surface area contributed by atoms with Crippen LogP contribution in [0.25, 0.3) is 0 Å². The molecule has 12 heteroatoms. The smallest absolute Gasteiger partial charge is 0.872 e. The Morgan fingerprint density at radius 3 is 0.818 bits per heavy atom. The van der Waals surface area contributed by atoms with Crippen molar-refractivity contribution in [1.29, 1.82) is 0 Å². The van der Waals surface area contributed by atoms with Gasteiger partial charge in [-0.1, -0.05) is 119 Å². The molecule has 0 atom stereocenters. The average molecular weight is 918 g/mol. The average Bonchev–Trinajstić information content (AvgIpc) is 3.89. The van der Waals surface area contributed by atoms with Crippen molar-refractivity contribution in [3.8, 4) is 11.5 Å². The molecule has 66 heavy (non-hydrogen) atoms. The van der Waals surface area contributed by atoms with Gasteiger partial charge in [-0.15, -0.1) is 39.1 Å². The number of hydrogen-bond acceptors (Lipinski definition) is 3. The van der Waals surface area contributed by atoms with E-state index in [0.717, 1.165) is 81.0 Å². The molecule has 0 saturated carbocycles. The quantitative estimate of drug-likeness (QED) is 0.142. The number of ether oxygens (including phenoxy) is 1. The third-order valence-electron chi connectivity index (χ3n) is 11.9. The van der Waals surface area contributed by atoms with E-state index >= 15 is 0 Å². The Labute approximate surface area is 413 Å². The second kappa shape index (κ2) is 21.3. The van der Waals surface area contributed by atoms with Crippen molar-refractivity contribution in [2.75, 3.05) is 13.2 Å². The van der Waals surface area contributed by atoms with E-state index in [-0.39, 0.29) is 68.5 Å². The van der Waals surface area contributed by atoms with Crippen molar-refractivity contribution in [1.82, 2.24) is 18.7 Å². The Balaban J connectivity index is 0.000000313. The van der Waals surface area contributed by atoms with E-state index in [4.69, 9.17) is 4.74 Å². The monoisotopic (exact) mass is 917 g/mol. The minimum Gasteiger partial charge on any atom is -0.872 e. The zero-order chi connectivity index (χ0) is 49.3. The summed E-state index contributed by atoms with van der Waals surface area (Å²) in [5, 5.41) is 41.6. The molecular formula is C54H84MgN8O3+4. The fraction of sp³-hybridized carbons (Fsp3) is 0.556. The number of aromatic nitrogens is 8. The maximum absolute atomic E-state index is 13.9. The van der Waals surface area contributed by atoms with Gasteiger partial charge in [0.2, 0.25) is 35.1 Å². The summed E-state index contributed by atoms with van der Waals surface area (Å²) in [6.07, 6.45) is -0.633. The molecule has 0 radical (unpaired) electrons. The Morgan fingerprint density at radius 2 is 0.667 bits per heavy atom. The van der Waals surface area contributed by atoms with Crippen molar-refractivity contribution < 1.29 is 35.3 Å². The predicted octanol–water partition coefficient (Wildman–Crippen LogP) is 8.49. The summed E-state index contributed by atoms with van der Waals surface area (Å²) in [6.45, 7) is 48.0. The number of aryl methyl sites for hydroxylation is 8. The van der Waals surface area contributed by atoms with Crippen LogP contribution >= 0.6 is 0 Å². The summed E-state index contributed by atoms with van der Waals surface area (Å²) >= 11 is 0. The van der Waals surface area contributed by atoms with Gasteiger partial charge in [0, 0.05) is 65.2 Å². The first-order chi connectivity index (χ1) is 29.8. The summed E-state index contributed by atoms with van der Waals surface area (Å²) in [6, 6.07) is 16.9. The van der Waals surface area contributed by atoms with Crippen LogP contribution in [0.15, 0.2) is 48.5 Å². The number of aromatic amines is 4. The fourth-order valence-corrected chi connectivity index (χ4v) is 8.45. The van der Waals surface area contributed by atoms with Crippen LogP contribution in [-0.4, -0.2) is 55.0 Å². The van der Waals surface area contributed by atoms with E-state index in [1.807, 2.05) is 41.5 Å². The molecule has 11 nitrogen and oxygen atoms in total. The van der Waals surface area contributed by atoms with Gasteiger partial charge < -0.3 is 14.9 Å². The molecule has 4 heterocycles. The fourth-order valence-electron chi connectivity index (χ4n) is 8.45. The molecule has 0 amide bonds. The van der Waals surface area contributed by atoms with Crippen molar-refractivity contribution in [3.05, 3.63) is 127 Å². The van der Waals surface area contributed by atoms with Crippen LogP contribution in [0.4, 0.5) is 0 Å². The molecule has 6 rings (SSSR count). The van der Waals surface area contributed by atoms with Crippen LogP contribution in [0.3, 0.4) is 0 Å². The zero-order valence-corrected chi connectivity index (χ0v) is 46.3. The van der Waals surface area contributed by atoms with Gasteiger partial charge in [0.05, 0.1) is 22.8 Å². The second-order valence-corrected chi connectivity index (χ2v) is 22.2. The van der Waals surface area contributed by atoms with Gasteiger partial charge in [0.25, 0.3) is 0 Å². The molecule has 0 aliphatic heterocycles. The van der Waals surface area contributed by atoms with E-state index in [2.05, 4.69) is 198 Å². The first-order valence-electron chi connectivity index (χ1n) is 23.4. The molecule has 356 valence electrons. The van der Waals surface area contributed by atoms with Crippen molar-refractivity contribution in [2.24, 2.45) is 0 Å². The predicted molar refractivity (Wildman–Crippen MR) is 263 cm³/mol. The van der Waals surface area contributed by atoms with E-state index in [9.17, 15) is 10.2 Å². The van der Waals surface area contributed by atoms with Crippen LogP contribution in [-0.2, 0) is 26.4 Å². The third kappa shape index (κ3) is 13.0. The number of H-pyrrole nitrogens is 4. The van der Waals surface area contributed by atoms with Crippen LogP contribution in [0, 0.1) is 55.4 Å². The molecule has 0 aliphatic carbocycles. The second-order valence-electron chi connectivity index (χ2n) is 22.2. The minimum atomic E-state index is -0.316. The molecular weight excluding hydrogens is 833 g/mol. The van der Waals surface area contributed by atoms with E-state index in [1.165, 1.54) is 11.1 Å². The Bertz CT molecular complexity index is 2290. The number of rotatable bonds is 8. The molecule has 2 aromatic carbocycles. The van der Waals surface area contributed by atoms with Gasteiger partial charge in [-0.25, -0.2) is 0 Å². The maximum atomic E-state index is 13.9. The SMILES string of the molecule is CCOCC.Cc1cc(C)n(C(c2cc(C(C)(C)C)cc(C(C)(C)C)c2[O-])n2[nH+]c(C)cc2C)[nH+]1.Cc1cc(C)n(C(c2cc(C(C)(C)C)cc(C(C)(C)C)c2[O-])n2[nH+]c(C)cc2C)[nH+]1.[Mg+2]. The first kappa shape index (κ1) is 55.9. The summed E-state index contributed by atoms with van der Waals surface area (Å²) < 4.78 is 13.2. The van der Waals surface area contributed by atoms with Gasteiger partial charge in [-0.05, 0) is 96.6 Å². The number of benzene rings is 2. The Kier molecular flexibility index (Phi) is 18.0. The minimum absolute atomic E-state index is 0. The van der Waals surface area contributed by atoms with Crippen molar-refractivity contribution >= 4 is 23.1 Å². The van der Waals surface area contributed by atoms with Crippen LogP contribution in [0.1, 0.15) is 188 Å². The molecule has 6 aromatic rings. The van der Waals surface area contributed by atoms with E-state index in [0.29, 0.717) is 0 Å². The number of nitrogens with one attached hydrogen (secondary N) is 4. The Hall–Kier alpha value is -4.39. The van der Waals surface area contributed by atoms with Crippen molar-refractivity contribution in [2.45, 2.75) is 186 Å². The number of nitrogens with zero attached hydrogens (tertiary/aromatic N) is 4. The molecule has 0 spiro atoms. The van der Waals surface area contributed by atoms with E-state index < -0.39 is 0 Å². The standard InChI is InChI=1S/2C25H36N4O.C4H10O.Mg/c2*1-15-11-17(3)28(26-15)23(29-18(4)12-16(2)27-29)20-13-19(24(5,6)7)14-21(22(20)30)25(8,9)10;1-3-5-4-2;/h2*11-14,23,30H,1-10H3;3-4H2,1-2H3;/q;;;+2/p+2. The first-order valence-corrected chi connectivity index (χ1v) is 23.4. The molecule has 0 fully saturated rings. The molecule has 0 bridgehead atoms. The summed E-state index contributed by atoms with van der Waals surface area (Å²) in [5.41, 5.74) is 13.6. The van der Waals surface area contributed by atoms with Gasteiger partial charge in [0.1, 0.15) is 0 Å². The van der Waals surface area contributed by atoms with Gasteiger partial charge in [0.15, 0.2) is 0 Å². The third-order valence-corrected chi connectivity index (χ3v) is 11.9. The maximum Gasteiger partial charge on any atom is 2.00 e. The van der Waals surface area contributed by atoms with Crippen molar-refractivity contribution in [3.63, 3.8) is 0 Å². The summed E-state index contributed by atoms with van der Waals surface area (Å²) in [5.74, 6) is 0.220. The molecule has 4 aromatic heterocycles. The Morgan fingerprint density at radius 1 is 0.424 bits per heavy atom. The molecule has 4 N–H and O–H groups in total. The molecule has 0 aliphatic rings. The molecule has 0 unspecified atom stereocenters. The number of hydrogen-bond donors (Lipinski definition) is 0. The summed E-state index contributed by atoms with van der Waals surface area (Å²) in [7, 11) is 0. The van der Waals surface area contributed by atoms with Crippen LogP contribution in [0.5, 0.6) is 11.5 Å². The van der Waals surface area contributed by atoms with Gasteiger partial charge >= 0.3 is 23.1 Å². The topological polar surface area (TPSA) is 132 Å². The summed E-state index contributed by atoms with van der Waals surface area (Å²) in [4.78, 5) is 0.